The van der Waals surface area contributed by atoms with E-state index in [1.54, 1.807) is 29.3 Å². The van der Waals surface area contributed by atoms with Gasteiger partial charge in [-0.1, -0.05) is 12.7 Å². The van der Waals surface area contributed by atoms with E-state index in [9.17, 15) is 4.79 Å². The Labute approximate surface area is 98.8 Å². The Kier molecular flexibility index (Phi) is 7.95. The molecule has 82 valence electrons. The molecule has 0 saturated carbocycles. The molecule has 0 fully saturated rings. The largest absolute Gasteiger partial charge is 0.431 e. The highest BCUT2D eigenvalue weighted by Gasteiger charge is 1.89. The van der Waals surface area contributed by atoms with Gasteiger partial charge in [0, 0.05) is 0 Å². The van der Waals surface area contributed by atoms with Crippen LogP contribution < -0.4 is 16.1 Å². The van der Waals surface area contributed by atoms with Crippen LogP contribution in [0.25, 0.3) is 11.5 Å². The molecule has 0 unspecified atom stereocenters. The van der Waals surface area contributed by atoms with Crippen LogP contribution in [-0.2, 0) is 0 Å². The molecule has 15 heavy (non-hydrogen) atoms. The van der Waals surface area contributed by atoms with Gasteiger partial charge in [0.15, 0.2) is 0 Å². The molecule has 1 heterocycles. The summed E-state index contributed by atoms with van der Waals surface area (Å²) < 4.78 is 4.66. The molecule has 0 aliphatic heterocycles. The zero-order valence-electron chi connectivity index (χ0n) is 8.77. The van der Waals surface area contributed by atoms with Crippen LogP contribution in [0.2, 0.25) is 0 Å². The first kappa shape index (κ1) is 14.1. The van der Waals surface area contributed by atoms with Crippen molar-refractivity contribution >= 4 is 35.9 Å². The minimum absolute atomic E-state index is 0.377. The Bertz CT molecular complexity index is 460. The van der Waals surface area contributed by atoms with E-state index in [1.165, 1.54) is 12.3 Å². The molecule has 0 aliphatic rings. The molecule has 0 atom stereocenters. The third-order valence-corrected chi connectivity index (χ3v) is 1.66. The van der Waals surface area contributed by atoms with E-state index in [2.05, 4.69) is 23.6 Å². The van der Waals surface area contributed by atoms with Gasteiger partial charge in [-0.2, -0.15) is 24.4 Å². The third kappa shape index (κ3) is 4.95. The Morgan fingerprint density at radius 2 is 2.13 bits per heavy atom. The average molecular weight is 242 g/mol. The molecule has 1 rings (SSSR count). The van der Waals surface area contributed by atoms with Crippen LogP contribution in [0.4, 0.5) is 0 Å². The lowest BCUT2D eigenvalue weighted by Crippen LogP contribution is -2.37. The lowest BCUT2D eigenvalue weighted by Gasteiger charge is -1.84. The monoisotopic (exact) mass is 242 g/mol. The standard InChI is InChI=1S/C9H8O2S.C2H6S/c1-2-3-8-7(6-12)4-5-11-9(8)10;1-3-2/h2-6,12H,1H2;1-2H3/b7-6-,8-3+;. The van der Waals surface area contributed by atoms with E-state index in [-0.39, 0.29) is 5.63 Å². The van der Waals surface area contributed by atoms with E-state index in [0.29, 0.717) is 5.22 Å². The second-order valence-electron chi connectivity index (χ2n) is 2.52. The summed E-state index contributed by atoms with van der Waals surface area (Å²) in [5.41, 5.74) is -0.377. The zero-order chi connectivity index (χ0) is 11.7. The van der Waals surface area contributed by atoms with Crippen molar-refractivity contribution in [3.8, 4) is 0 Å². The first-order valence-corrected chi connectivity index (χ1v) is 6.31. The Hall–Kier alpha value is -0.870. The van der Waals surface area contributed by atoms with Gasteiger partial charge in [0.25, 0.3) is 0 Å². The topological polar surface area (TPSA) is 30.2 Å². The number of hydrogen-bond acceptors (Lipinski definition) is 4. The van der Waals surface area contributed by atoms with Gasteiger partial charge < -0.3 is 4.42 Å². The highest BCUT2D eigenvalue weighted by atomic mass is 32.2. The predicted octanol–water partition coefficient (Wildman–Crippen LogP) is 1.25. The van der Waals surface area contributed by atoms with E-state index < -0.39 is 0 Å². The lowest BCUT2D eigenvalue weighted by molar-refractivity contribution is 0.503. The van der Waals surface area contributed by atoms with Gasteiger partial charge in [-0.3, -0.25) is 0 Å². The summed E-state index contributed by atoms with van der Waals surface area (Å²) >= 11 is 5.71. The SMILES string of the molecule is C=C/C=c1/c(=O)occ/c1=C/S.CSC. The number of hydrogen-bond donors (Lipinski definition) is 1. The molecular weight excluding hydrogens is 228 g/mol. The maximum atomic E-state index is 11.1. The molecule has 1 aromatic rings. The van der Waals surface area contributed by atoms with Crippen LogP contribution >= 0.6 is 24.4 Å². The molecule has 0 N–H and O–H groups in total. The summed E-state index contributed by atoms with van der Waals surface area (Å²) in [4.78, 5) is 11.1. The summed E-state index contributed by atoms with van der Waals surface area (Å²) in [6.45, 7) is 3.50. The minimum Gasteiger partial charge on any atom is -0.431 e. The number of allylic oxidation sites excluding steroid dienone is 1. The fraction of sp³-hybridized carbons (Fsp3) is 0.182. The summed E-state index contributed by atoms with van der Waals surface area (Å²) in [5, 5.41) is 2.75. The normalized spacial score (nSPS) is 11.9. The van der Waals surface area contributed by atoms with Crippen molar-refractivity contribution in [1.82, 2.24) is 0 Å². The van der Waals surface area contributed by atoms with E-state index in [4.69, 9.17) is 0 Å². The van der Waals surface area contributed by atoms with Gasteiger partial charge in [-0.05, 0) is 35.3 Å². The Morgan fingerprint density at radius 3 is 2.60 bits per heavy atom. The van der Waals surface area contributed by atoms with Gasteiger partial charge in [-0.15, -0.1) is 0 Å². The smallest absolute Gasteiger partial charge is 0.343 e. The van der Waals surface area contributed by atoms with Crippen molar-refractivity contribution in [3.05, 3.63) is 45.8 Å². The van der Waals surface area contributed by atoms with Gasteiger partial charge in [0.2, 0.25) is 0 Å². The number of thiol groups is 1. The van der Waals surface area contributed by atoms with Crippen LogP contribution in [-0.4, -0.2) is 12.5 Å². The first-order chi connectivity index (χ1) is 7.21. The maximum Gasteiger partial charge on any atom is 0.343 e. The van der Waals surface area contributed by atoms with Crippen molar-refractivity contribution < 1.29 is 4.42 Å². The first-order valence-electron chi connectivity index (χ1n) is 4.16. The predicted molar refractivity (Wildman–Crippen MR) is 71.8 cm³/mol. The molecule has 0 bridgehead atoms. The second kappa shape index (κ2) is 8.44. The van der Waals surface area contributed by atoms with Crippen LogP contribution in [0.3, 0.4) is 0 Å². The summed E-state index contributed by atoms with van der Waals surface area (Å²) in [6, 6.07) is 1.67. The van der Waals surface area contributed by atoms with E-state index in [0.717, 1.165) is 5.22 Å². The van der Waals surface area contributed by atoms with Crippen LogP contribution in [0.15, 0.2) is 34.2 Å². The summed E-state index contributed by atoms with van der Waals surface area (Å²) in [7, 11) is 0. The quantitative estimate of drug-likeness (QED) is 0.752. The van der Waals surface area contributed by atoms with E-state index in [1.807, 2.05) is 12.5 Å². The molecule has 0 saturated heterocycles. The average Bonchev–Trinajstić information content (AvgIpc) is 2.22. The maximum absolute atomic E-state index is 11.1. The highest BCUT2D eigenvalue weighted by molar-refractivity contribution is 7.97. The summed E-state index contributed by atoms with van der Waals surface area (Å²) in [5.74, 6) is 0. The minimum atomic E-state index is -0.377. The van der Waals surface area contributed by atoms with Crippen LogP contribution in [0.5, 0.6) is 0 Å². The molecule has 0 aliphatic carbocycles. The molecule has 0 radical (unpaired) electrons. The van der Waals surface area contributed by atoms with Crippen molar-refractivity contribution in [2.75, 3.05) is 12.5 Å². The number of rotatable bonds is 1. The zero-order valence-corrected chi connectivity index (χ0v) is 10.5. The van der Waals surface area contributed by atoms with E-state index >= 15 is 0 Å². The van der Waals surface area contributed by atoms with Crippen molar-refractivity contribution in [2.45, 2.75) is 0 Å². The second-order valence-corrected chi connectivity index (χ2v) is 3.59. The fourth-order valence-electron chi connectivity index (χ4n) is 0.835. The van der Waals surface area contributed by atoms with Crippen molar-refractivity contribution in [1.29, 1.82) is 0 Å². The van der Waals surface area contributed by atoms with Gasteiger partial charge in [0.05, 0.1) is 11.5 Å². The lowest BCUT2D eigenvalue weighted by atomic mass is 10.3. The molecule has 1 aromatic heterocycles. The highest BCUT2D eigenvalue weighted by Crippen LogP contribution is 1.71. The fourth-order valence-corrected chi connectivity index (χ4v) is 1.06. The van der Waals surface area contributed by atoms with Gasteiger partial charge >= 0.3 is 5.63 Å². The van der Waals surface area contributed by atoms with Crippen molar-refractivity contribution in [3.63, 3.8) is 0 Å². The van der Waals surface area contributed by atoms with Crippen molar-refractivity contribution in [2.24, 2.45) is 0 Å². The Morgan fingerprint density at radius 1 is 1.53 bits per heavy atom. The molecule has 0 amide bonds. The number of thioether (sulfide) groups is 1. The third-order valence-electron chi connectivity index (χ3n) is 1.38. The van der Waals surface area contributed by atoms with Crippen LogP contribution in [0.1, 0.15) is 0 Å². The summed E-state index contributed by atoms with van der Waals surface area (Å²) in [6.07, 6.45) is 8.55. The molecular formula is C11H14O2S2. The Balaban J connectivity index is 0.000000583. The van der Waals surface area contributed by atoms with Crippen LogP contribution in [0, 0.1) is 0 Å². The molecule has 4 heteroatoms. The molecule has 0 aromatic carbocycles. The van der Waals surface area contributed by atoms with Gasteiger partial charge in [0.1, 0.15) is 0 Å². The van der Waals surface area contributed by atoms with Gasteiger partial charge in [-0.25, -0.2) is 4.79 Å². The molecule has 0 spiro atoms. The molecule has 2 nitrogen and oxygen atoms in total.